The Labute approximate surface area is 224 Å². The fourth-order valence-electron chi connectivity index (χ4n) is 4.73. The van der Waals surface area contributed by atoms with Gasteiger partial charge in [0.15, 0.2) is 17.0 Å². The first-order valence-corrected chi connectivity index (χ1v) is 13.4. The van der Waals surface area contributed by atoms with Crippen LogP contribution in [0.4, 0.5) is 16.6 Å². The summed E-state index contributed by atoms with van der Waals surface area (Å²) >= 11 is 0. The number of ether oxygens (including phenoxy) is 2. The van der Waals surface area contributed by atoms with Crippen LogP contribution in [0.3, 0.4) is 0 Å². The van der Waals surface area contributed by atoms with Gasteiger partial charge in [0.1, 0.15) is 6.61 Å². The van der Waals surface area contributed by atoms with Gasteiger partial charge in [-0.2, -0.15) is 15.0 Å². The monoisotopic (exact) mass is 526 g/mol. The number of rotatable bonds is 12. The third-order valence-electron chi connectivity index (χ3n) is 6.90. The highest BCUT2D eigenvalue weighted by molar-refractivity contribution is 5.84. The molecule has 1 aliphatic heterocycles. The van der Waals surface area contributed by atoms with Crippen molar-refractivity contribution in [3.63, 3.8) is 0 Å². The molecule has 4 rings (SSSR count). The summed E-state index contributed by atoms with van der Waals surface area (Å²) in [4.78, 5) is 27.8. The van der Waals surface area contributed by atoms with Gasteiger partial charge in [-0.15, -0.1) is 0 Å². The van der Waals surface area contributed by atoms with E-state index in [4.69, 9.17) is 15.2 Å². The van der Waals surface area contributed by atoms with Gasteiger partial charge in [-0.1, -0.05) is 56.5 Å². The third kappa shape index (κ3) is 7.47. The number of anilines is 2. The van der Waals surface area contributed by atoms with Crippen molar-refractivity contribution in [2.24, 2.45) is 5.92 Å². The highest BCUT2D eigenvalue weighted by Crippen LogP contribution is 2.27. The maximum atomic E-state index is 12.4. The molecule has 11 heteroatoms. The van der Waals surface area contributed by atoms with Gasteiger partial charge in [-0.25, -0.2) is 4.79 Å². The van der Waals surface area contributed by atoms with E-state index in [1.54, 1.807) is 7.11 Å². The molecule has 6 N–H and O–H groups in total. The smallest absolute Gasteiger partial charge is 0.410 e. The second kappa shape index (κ2) is 14.4. The van der Waals surface area contributed by atoms with Gasteiger partial charge in [-0.3, -0.25) is 4.57 Å². The number of hydrogen-bond acceptors (Lipinski definition) is 9. The average molecular weight is 527 g/mol. The van der Waals surface area contributed by atoms with Crippen LogP contribution in [0.25, 0.3) is 11.2 Å². The van der Waals surface area contributed by atoms with Crippen molar-refractivity contribution in [3.05, 3.63) is 35.9 Å². The Hall–Kier alpha value is -3.60. The molecule has 1 aliphatic rings. The number of likely N-dealkylation sites (tertiary alicyclic amines) is 1. The van der Waals surface area contributed by atoms with Gasteiger partial charge < -0.3 is 31.6 Å². The number of nitrogen functional groups attached to an aromatic ring is 1. The zero-order chi connectivity index (χ0) is 26.0. The normalized spacial score (nSPS) is 13.8. The minimum absolute atomic E-state index is 0. The highest BCUT2D eigenvalue weighted by Gasteiger charge is 2.24. The molecule has 3 heterocycles. The molecule has 0 aliphatic carbocycles. The molecular formula is C27H42N8O3. The lowest BCUT2D eigenvalue weighted by molar-refractivity contribution is 0.0813. The molecule has 38 heavy (non-hydrogen) atoms. The first kappa shape index (κ1) is 29.0. The van der Waals surface area contributed by atoms with Crippen LogP contribution in [0.15, 0.2) is 30.3 Å². The molecule has 1 amide bonds. The predicted molar refractivity (Wildman–Crippen MR) is 149 cm³/mol. The summed E-state index contributed by atoms with van der Waals surface area (Å²) in [6, 6.07) is 10.3. The zero-order valence-corrected chi connectivity index (χ0v) is 22.7. The number of unbranched alkanes of at least 4 members (excludes halogenated alkanes) is 2. The summed E-state index contributed by atoms with van der Waals surface area (Å²) in [7, 11) is 1.61. The van der Waals surface area contributed by atoms with Crippen LogP contribution in [0, 0.1) is 5.92 Å². The number of carbonyl (C=O) groups is 1. The predicted octanol–water partition coefficient (Wildman–Crippen LogP) is 5.01. The van der Waals surface area contributed by atoms with Crippen LogP contribution >= 0.6 is 0 Å². The Bertz CT molecular complexity index is 1150. The summed E-state index contributed by atoms with van der Waals surface area (Å²) < 4.78 is 13.0. The van der Waals surface area contributed by atoms with Crippen LogP contribution < -0.4 is 21.9 Å². The van der Waals surface area contributed by atoms with E-state index in [0.29, 0.717) is 41.5 Å². The lowest BCUT2D eigenvalue weighted by Crippen LogP contribution is -2.38. The summed E-state index contributed by atoms with van der Waals surface area (Å²) in [6.45, 7) is 5.51. The van der Waals surface area contributed by atoms with E-state index in [2.05, 4.69) is 27.2 Å². The number of aryl methyl sites for hydroxylation is 1. The van der Waals surface area contributed by atoms with Crippen LogP contribution in [0.2, 0.25) is 0 Å². The summed E-state index contributed by atoms with van der Waals surface area (Å²) in [5.74, 6) is 1.50. The average Bonchev–Trinajstić information content (AvgIpc) is 3.29. The number of piperidine rings is 1. The van der Waals surface area contributed by atoms with E-state index in [0.717, 1.165) is 76.7 Å². The molecule has 1 saturated heterocycles. The Kier molecular flexibility index (Phi) is 11.0. The second-order valence-electron chi connectivity index (χ2n) is 9.60. The number of amides is 1. The molecular weight excluding hydrogens is 484 g/mol. The highest BCUT2D eigenvalue weighted by atomic mass is 16.6. The molecule has 0 atom stereocenters. The maximum absolute atomic E-state index is 12.4. The topological polar surface area (TPSA) is 155 Å². The number of carbonyl (C=O) groups excluding carboxylic acids is 1. The standard InChI is InChI=1S/C27H39N7O3.H3N/c1-3-4-15-29-25-31-23(28)22-24(32-25)34(26(30-22)36-2)16-9-8-10-20-13-17-33(18-14-20)27(35)37-19-21-11-6-5-7-12-21;/h5-7,11-12,20H,3-4,8-10,13-19H2,1-2H3,(H3,28,29,31,32);1H3. The van der Waals surface area contributed by atoms with Gasteiger partial charge in [0, 0.05) is 26.2 Å². The quantitative estimate of drug-likeness (QED) is 0.276. The molecule has 1 aromatic carbocycles. The third-order valence-corrected chi connectivity index (χ3v) is 6.90. The maximum Gasteiger partial charge on any atom is 0.410 e. The lowest BCUT2D eigenvalue weighted by Gasteiger charge is -2.31. The van der Waals surface area contributed by atoms with Gasteiger partial charge in [-0.05, 0) is 37.2 Å². The molecule has 0 saturated carbocycles. The minimum atomic E-state index is -0.216. The van der Waals surface area contributed by atoms with Gasteiger partial charge in [0.05, 0.1) is 7.11 Å². The summed E-state index contributed by atoms with van der Waals surface area (Å²) in [6.07, 6.45) is 7.11. The number of benzene rings is 1. The van der Waals surface area contributed by atoms with Gasteiger partial charge >= 0.3 is 6.09 Å². The minimum Gasteiger partial charge on any atom is -0.468 e. The number of nitrogens with two attached hydrogens (primary N) is 1. The van der Waals surface area contributed by atoms with Crippen molar-refractivity contribution in [2.45, 2.75) is 65.0 Å². The SMILES string of the molecule is CCCCNc1nc(N)c2nc(OC)n(CCCCC3CCN(C(=O)OCc4ccccc4)CC3)c2n1.N. The molecule has 1 fully saturated rings. The molecule has 0 spiro atoms. The van der Waals surface area contributed by atoms with Crippen molar-refractivity contribution < 1.29 is 14.3 Å². The number of fused-ring (bicyclic) bond motifs is 1. The Morgan fingerprint density at radius 2 is 1.87 bits per heavy atom. The number of nitrogens with one attached hydrogen (secondary N) is 1. The van der Waals surface area contributed by atoms with E-state index in [1.807, 2.05) is 39.8 Å². The zero-order valence-electron chi connectivity index (χ0n) is 22.7. The molecule has 2 aromatic heterocycles. The lowest BCUT2D eigenvalue weighted by atomic mass is 9.92. The second-order valence-corrected chi connectivity index (χ2v) is 9.60. The van der Waals surface area contributed by atoms with E-state index in [-0.39, 0.29) is 12.2 Å². The molecule has 0 radical (unpaired) electrons. The van der Waals surface area contributed by atoms with Gasteiger partial charge in [0.2, 0.25) is 5.95 Å². The van der Waals surface area contributed by atoms with Crippen LogP contribution in [-0.2, 0) is 17.9 Å². The molecule has 11 nitrogen and oxygen atoms in total. The van der Waals surface area contributed by atoms with Crippen LogP contribution in [0.1, 0.15) is 57.4 Å². The van der Waals surface area contributed by atoms with Crippen molar-refractivity contribution in [1.29, 1.82) is 0 Å². The number of nitrogens with zero attached hydrogens (tertiary/aromatic N) is 5. The molecule has 0 bridgehead atoms. The molecule has 208 valence electrons. The van der Waals surface area contributed by atoms with E-state index < -0.39 is 0 Å². The summed E-state index contributed by atoms with van der Waals surface area (Å²) in [5.41, 5.74) is 8.45. The van der Waals surface area contributed by atoms with Crippen molar-refractivity contribution >= 4 is 29.0 Å². The summed E-state index contributed by atoms with van der Waals surface area (Å²) in [5, 5.41) is 3.25. The number of imidazole rings is 1. The molecule has 0 unspecified atom stereocenters. The Morgan fingerprint density at radius 3 is 2.58 bits per heavy atom. The fourth-order valence-corrected chi connectivity index (χ4v) is 4.73. The van der Waals surface area contributed by atoms with Crippen LogP contribution in [-0.4, -0.2) is 57.3 Å². The fraction of sp³-hybridized carbons (Fsp3) is 0.556. The first-order chi connectivity index (χ1) is 18.1. The van der Waals surface area contributed by atoms with Gasteiger partial charge in [0.25, 0.3) is 6.01 Å². The van der Waals surface area contributed by atoms with Crippen molar-refractivity contribution in [2.75, 3.05) is 37.8 Å². The van der Waals surface area contributed by atoms with Crippen LogP contribution in [0.5, 0.6) is 6.01 Å². The number of methoxy groups -OCH3 is 1. The molecule has 3 aromatic rings. The number of aromatic nitrogens is 4. The Morgan fingerprint density at radius 1 is 1.11 bits per heavy atom. The Balaban J connectivity index is 0.00000400. The van der Waals surface area contributed by atoms with E-state index in [9.17, 15) is 4.79 Å². The van der Waals surface area contributed by atoms with E-state index in [1.165, 1.54) is 0 Å². The van der Waals surface area contributed by atoms with Crippen molar-refractivity contribution in [3.8, 4) is 6.01 Å². The largest absolute Gasteiger partial charge is 0.468 e. The number of hydrogen-bond donors (Lipinski definition) is 3. The van der Waals surface area contributed by atoms with Crippen molar-refractivity contribution in [1.82, 2.24) is 30.6 Å². The van der Waals surface area contributed by atoms with E-state index >= 15 is 0 Å². The first-order valence-electron chi connectivity index (χ1n) is 13.4.